The molecule has 1 aliphatic rings. The van der Waals surface area contributed by atoms with E-state index < -0.39 is 0 Å². The third kappa shape index (κ3) is 2.96. The Morgan fingerprint density at radius 1 is 1.41 bits per heavy atom. The molecule has 0 bridgehead atoms. The van der Waals surface area contributed by atoms with Crippen molar-refractivity contribution in [2.75, 3.05) is 32.8 Å². The van der Waals surface area contributed by atoms with E-state index in [0.717, 1.165) is 18.7 Å². The van der Waals surface area contributed by atoms with Gasteiger partial charge < -0.3 is 10.5 Å². The van der Waals surface area contributed by atoms with Crippen molar-refractivity contribution >= 4 is 11.6 Å². The van der Waals surface area contributed by atoms with Crippen LogP contribution in [0.25, 0.3) is 0 Å². The van der Waals surface area contributed by atoms with Crippen LogP contribution in [0, 0.1) is 5.82 Å². The van der Waals surface area contributed by atoms with E-state index in [-0.39, 0.29) is 11.9 Å². The molecule has 0 aliphatic carbocycles. The number of nitrogens with two attached hydrogens (primary N) is 1. The van der Waals surface area contributed by atoms with E-state index in [9.17, 15) is 4.39 Å². The van der Waals surface area contributed by atoms with Gasteiger partial charge >= 0.3 is 0 Å². The van der Waals surface area contributed by atoms with Crippen LogP contribution >= 0.6 is 11.6 Å². The Kier molecular flexibility index (Phi) is 4.34. The summed E-state index contributed by atoms with van der Waals surface area (Å²) in [5, 5.41) is 0.437. The van der Waals surface area contributed by atoms with Gasteiger partial charge in [0, 0.05) is 30.7 Å². The Balaban J connectivity index is 2.21. The standard InChI is InChI=1S/C12H16ClFN2O/c13-11-7-9(14)1-2-10(11)12(8-15)16-3-5-17-6-4-16/h1-2,7,12H,3-6,8,15H2. The minimum atomic E-state index is -0.323. The number of rotatable bonds is 3. The highest BCUT2D eigenvalue weighted by atomic mass is 35.5. The molecule has 0 amide bonds. The average molecular weight is 259 g/mol. The zero-order valence-corrected chi connectivity index (χ0v) is 10.3. The van der Waals surface area contributed by atoms with E-state index in [4.69, 9.17) is 22.1 Å². The van der Waals surface area contributed by atoms with Gasteiger partial charge in [-0.1, -0.05) is 17.7 Å². The van der Waals surface area contributed by atoms with E-state index in [1.165, 1.54) is 12.1 Å². The van der Waals surface area contributed by atoms with Crippen molar-refractivity contribution in [3.63, 3.8) is 0 Å². The van der Waals surface area contributed by atoms with Gasteiger partial charge in [0.1, 0.15) is 5.82 Å². The third-order valence-corrected chi connectivity index (χ3v) is 3.36. The lowest BCUT2D eigenvalue weighted by Crippen LogP contribution is -2.41. The lowest BCUT2D eigenvalue weighted by molar-refractivity contribution is 0.0179. The Labute approximate surface area is 105 Å². The first-order valence-corrected chi connectivity index (χ1v) is 6.07. The Hall–Kier alpha value is -0.680. The van der Waals surface area contributed by atoms with E-state index in [1.54, 1.807) is 6.07 Å². The second-order valence-electron chi connectivity index (χ2n) is 4.07. The van der Waals surface area contributed by atoms with Gasteiger partial charge in [-0.3, -0.25) is 4.90 Å². The van der Waals surface area contributed by atoms with E-state index in [1.807, 2.05) is 0 Å². The molecule has 1 aromatic rings. The zero-order chi connectivity index (χ0) is 12.3. The molecule has 1 aromatic carbocycles. The second-order valence-corrected chi connectivity index (χ2v) is 4.47. The number of nitrogens with zero attached hydrogens (tertiary/aromatic N) is 1. The maximum absolute atomic E-state index is 13.0. The fraction of sp³-hybridized carbons (Fsp3) is 0.500. The summed E-state index contributed by atoms with van der Waals surface area (Å²) in [6.45, 7) is 3.53. The number of benzene rings is 1. The summed E-state index contributed by atoms with van der Waals surface area (Å²) >= 11 is 6.07. The molecule has 3 nitrogen and oxygen atoms in total. The molecule has 1 atom stereocenters. The van der Waals surface area contributed by atoms with Crippen molar-refractivity contribution in [1.82, 2.24) is 4.90 Å². The third-order valence-electron chi connectivity index (χ3n) is 3.03. The van der Waals surface area contributed by atoms with Crippen LogP contribution in [0.3, 0.4) is 0 Å². The van der Waals surface area contributed by atoms with Crippen molar-refractivity contribution in [2.24, 2.45) is 5.73 Å². The molecule has 94 valence electrons. The first-order valence-electron chi connectivity index (χ1n) is 5.69. The first-order chi connectivity index (χ1) is 8.22. The number of halogens is 2. The van der Waals surface area contributed by atoms with Crippen molar-refractivity contribution in [2.45, 2.75) is 6.04 Å². The molecule has 2 rings (SSSR count). The number of morpholine rings is 1. The van der Waals surface area contributed by atoms with Gasteiger partial charge in [-0.25, -0.2) is 4.39 Å². The van der Waals surface area contributed by atoms with Gasteiger partial charge in [0.15, 0.2) is 0 Å². The Bertz CT molecular complexity index is 383. The fourth-order valence-electron chi connectivity index (χ4n) is 2.13. The fourth-order valence-corrected chi connectivity index (χ4v) is 2.43. The van der Waals surface area contributed by atoms with E-state index >= 15 is 0 Å². The van der Waals surface area contributed by atoms with E-state index in [0.29, 0.717) is 24.8 Å². The van der Waals surface area contributed by atoms with Gasteiger partial charge in [-0.2, -0.15) is 0 Å². The lowest BCUT2D eigenvalue weighted by Gasteiger charge is -2.34. The highest BCUT2D eigenvalue weighted by Gasteiger charge is 2.23. The molecule has 1 saturated heterocycles. The van der Waals surface area contributed by atoms with Gasteiger partial charge in [0.2, 0.25) is 0 Å². The quantitative estimate of drug-likeness (QED) is 0.899. The molecule has 2 N–H and O–H groups in total. The van der Waals surface area contributed by atoms with Crippen LogP contribution in [0.2, 0.25) is 5.02 Å². The summed E-state index contributed by atoms with van der Waals surface area (Å²) in [5.41, 5.74) is 6.69. The van der Waals surface area contributed by atoms with Crippen molar-refractivity contribution in [3.05, 3.63) is 34.6 Å². The molecule has 1 unspecified atom stereocenters. The minimum Gasteiger partial charge on any atom is -0.379 e. The Morgan fingerprint density at radius 3 is 2.71 bits per heavy atom. The Morgan fingerprint density at radius 2 is 2.12 bits per heavy atom. The van der Waals surface area contributed by atoms with Crippen molar-refractivity contribution < 1.29 is 9.13 Å². The van der Waals surface area contributed by atoms with Crippen LogP contribution < -0.4 is 5.73 Å². The van der Waals surface area contributed by atoms with Gasteiger partial charge in [-0.15, -0.1) is 0 Å². The molecular weight excluding hydrogens is 243 g/mol. The largest absolute Gasteiger partial charge is 0.379 e. The minimum absolute atomic E-state index is 0.0343. The normalized spacial score (nSPS) is 19.2. The highest BCUT2D eigenvalue weighted by molar-refractivity contribution is 6.31. The van der Waals surface area contributed by atoms with Gasteiger partial charge in [0.25, 0.3) is 0 Å². The zero-order valence-electron chi connectivity index (χ0n) is 9.53. The van der Waals surface area contributed by atoms with Crippen LogP contribution in [0.15, 0.2) is 18.2 Å². The summed E-state index contributed by atoms with van der Waals surface area (Å²) in [6, 6.07) is 4.50. The molecule has 17 heavy (non-hydrogen) atoms. The topological polar surface area (TPSA) is 38.5 Å². The smallest absolute Gasteiger partial charge is 0.124 e. The van der Waals surface area contributed by atoms with Crippen LogP contribution in [0.4, 0.5) is 4.39 Å². The maximum atomic E-state index is 13.0. The maximum Gasteiger partial charge on any atom is 0.124 e. The summed E-state index contributed by atoms with van der Waals surface area (Å²) in [6.07, 6.45) is 0. The van der Waals surface area contributed by atoms with Crippen LogP contribution in [-0.2, 0) is 4.74 Å². The predicted octanol–water partition coefficient (Wildman–Crippen LogP) is 1.81. The van der Waals surface area contributed by atoms with E-state index in [2.05, 4.69) is 4.90 Å². The average Bonchev–Trinajstić information content (AvgIpc) is 2.34. The SMILES string of the molecule is NCC(c1ccc(F)cc1Cl)N1CCOCC1. The number of hydrogen-bond acceptors (Lipinski definition) is 3. The molecule has 1 aliphatic heterocycles. The monoisotopic (exact) mass is 258 g/mol. The highest BCUT2D eigenvalue weighted by Crippen LogP contribution is 2.28. The van der Waals surface area contributed by atoms with Crippen LogP contribution in [0.1, 0.15) is 11.6 Å². The summed E-state index contributed by atoms with van der Waals surface area (Å²) in [7, 11) is 0. The predicted molar refractivity (Wildman–Crippen MR) is 65.6 cm³/mol. The molecule has 1 heterocycles. The van der Waals surface area contributed by atoms with Crippen molar-refractivity contribution in [1.29, 1.82) is 0 Å². The molecule has 0 saturated carbocycles. The summed E-state index contributed by atoms with van der Waals surface area (Å²) in [4.78, 5) is 2.22. The van der Waals surface area contributed by atoms with Gasteiger partial charge in [0.05, 0.1) is 13.2 Å². The van der Waals surface area contributed by atoms with Gasteiger partial charge in [-0.05, 0) is 17.7 Å². The number of ether oxygens (including phenoxy) is 1. The summed E-state index contributed by atoms with van der Waals surface area (Å²) < 4.78 is 18.3. The lowest BCUT2D eigenvalue weighted by atomic mass is 10.0. The molecule has 0 radical (unpaired) electrons. The van der Waals surface area contributed by atoms with Crippen LogP contribution in [-0.4, -0.2) is 37.7 Å². The number of hydrogen-bond donors (Lipinski definition) is 1. The molecule has 0 spiro atoms. The second kappa shape index (κ2) is 5.78. The molecule has 1 fully saturated rings. The van der Waals surface area contributed by atoms with Crippen LogP contribution in [0.5, 0.6) is 0 Å². The molecule has 5 heteroatoms. The first kappa shape index (κ1) is 12.8. The molecular formula is C12H16ClFN2O. The summed E-state index contributed by atoms with van der Waals surface area (Å²) in [5.74, 6) is -0.323. The van der Waals surface area contributed by atoms with Crippen molar-refractivity contribution in [3.8, 4) is 0 Å². The molecule has 0 aromatic heterocycles.